The Morgan fingerprint density at radius 3 is 2.21 bits per heavy atom. The average molecular weight is 545 g/mol. The smallest absolute Gasteiger partial charge is 0.243 e. The topological polar surface area (TPSA) is 49.4 Å². The van der Waals surface area contributed by atoms with Crippen LogP contribution in [-0.2, 0) is 29.0 Å². The van der Waals surface area contributed by atoms with Gasteiger partial charge in [-0.2, -0.15) is 0 Å². The van der Waals surface area contributed by atoms with Crippen LogP contribution in [0.4, 0.5) is 0 Å². The average Bonchev–Trinajstić information content (AvgIpc) is 2.95. The minimum absolute atomic E-state index is 0.0393. The maximum Gasteiger partial charge on any atom is 0.243 e. The Morgan fingerprint density at radius 1 is 0.872 bits per heavy atom. The van der Waals surface area contributed by atoms with Gasteiger partial charge in [-0.15, -0.1) is 0 Å². The van der Waals surface area contributed by atoms with E-state index >= 15 is 0 Å². The zero-order valence-electron chi connectivity index (χ0n) is 23.2. The molecule has 0 aliphatic heterocycles. The monoisotopic (exact) mass is 544 g/mol. The predicted molar refractivity (Wildman–Crippen MR) is 160 cm³/mol. The van der Waals surface area contributed by atoms with Crippen LogP contribution < -0.4 is 5.32 Å². The molecule has 0 spiro atoms. The van der Waals surface area contributed by atoms with Crippen LogP contribution in [0, 0.1) is 0 Å². The highest BCUT2D eigenvalue weighted by Crippen LogP contribution is 2.23. The molecule has 1 aliphatic rings. The van der Waals surface area contributed by atoms with E-state index in [1.807, 2.05) is 54.6 Å². The SMILES string of the molecule is CC(C)c1ccc(CCC(=O)N(Cc2ccccc2Cl)[C@H](Cc2ccccc2)C(=O)NC2CCCCC2)cc1. The fraction of sp³-hybridized carbons (Fsp3) is 0.412. The molecule has 0 radical (unpaired) electrons. The summed E-state index contributed by atoms with van der Waals surface area (Å²) in [7, 11) is 0. The van der Waals surface area contributed by atoms with E-state index in [9.17, 15) is 9.59 Å². The molecule has 1 aliphatic carbocycles. The summed E-state index contributed by atoms with van der Waals surface area (Å²) in [5, 5.41) is 3.90. The van der Waals surface area contributed by atoms with E-state index in [1.165, 1.54) is 12.0 Å². The number of aryl methyl sites for hydroxylation is 1. The lowest BCUT2D eigenvalue weighted by Gasteiger charge is -2.33. The third-order valence-corrected chi connectivity index (χ3v) is 8.16. The first-order valence-corrected chi connectivity index (χ1v) is 14.7. The fourth-order valence-corrected chi connectivity index (χ4v) is 5.57. The molecule has 5 heteroatoms. The standard InChI is InChI=1S/C34H41ClN2O2/c1-25(2)28-20-17-26(18-21-28)19-22-33(38)37(24-29-13-9-10-16-31(29)35)32(23-27-11-5-3-6-12-27)34(39)36-30-14-7-4-8-15-30/h3,5-6,9-13,16-18,20-21,25,30,32H,4,7-8,14-15,19,22-24H2,1-2H3,(H,36,39)/t32-/m1/s1. The second-order valence-electron chi connectivity index (χ2n) is 11.1. The highest BCUT2D eigenvalue weighted by molar-refractivity contribution is 6.31. The van der Waals surface area contributed by atoms with E-state index in [0.29, 0.717) is 36.7 Å². The van der Waals surface area contributed by atoms with E-state index in [2.05, 4.69) is 43.4 Å². The number of halogens is 1. The van der Waals surface area contributed by atoms with Gasteiger partial charge in [-0.1, -0.05) is 118 Å². The molecule has 1 fully saturated rings. The van der Waals surface area contributed by atoms with Gasteiger partial charge >= 0.3 is 0 Å². The Hall–Kier alpha value is -3.11. The summed E-state index contributed by atoms with van der Waals surface area (Å²) in [6.07, 6.45) is 6.88. The van der Waals surface area contributed by atoms with Crippen molar-refractivity contribution in [1.82, 2.24) is 10.2 Å². The Balaban J connectivity index is 1.59. The van der Waals surface area contributed by atoms with Gasteiger partial charge in [0.2, 0.25) is 11.8 Å². The molecule has 1 saturated carbocycles. The maximum atomic E-state index is 13.9. The number of carbonyl (C=O) groups excluding carboxylic acids is 2. The molecule has 3 aromatic rings. The summed E-state index contributed by atoms with van der Waals surface area (Å²) in [5.41, 5.74) is 4.28. The van der Waals surface area contributed by atoms with Crippen molar-refractivity contribution in [3.8, 4) is 0 Å². The summed E-state index contributed by atoms with van der Waals surface area (Å²) in [6, 6.07) is 25.6. The minimum Gasteiger partial charge on any atom is -0.352 e. The molecule has 0 saturated heterocycles. The minimum atomic E-state index is -0.624. The number of nitrogens with one attached hydrogen (secondary N) is 1. The van der Waals surface area contributed by atoms with Crippen LogP contribution in [0.3, 0.4) is 0 Å². The van der Waals surface area contributed by atoms with Gasteiger partial charge in [-0.05, 0) is 53.5 Å². The number of nitrogens with zero attached hydrogens (tertiary/aromatic N) is 1. The largest absolute Gasteiger partial charge is 0.352 e. The van der Waals surface area contributed by atoms with E-state index in [-0.39, 0.29) is 17.9 Å². The van der Waals surface area contributed by atoms with Gasteiger partial charge in [0.05, 0.1) is 0 Å². The zero-order chi connectivity index (χ0) is 27.6. The van der Waals surface area contributed by atoms with Crippen LogP contribution in [0.5, 0.6) is 0 Å². The van der Waals surface area contributed by atoms with Gasteiger partial charge in [0, 0.05) is 30.5 Å². The molecule has 0 heterocycles. The second-order valence-corrected chi connectivity index (χ2v) is 11.5. The number of hydrogen-bond acceptors (Lipinski definition) is 2. The molecule has 39 heavy (non-hydrogen) atoms. The van der Waals surface area contributed by atoms with Gasteiger partial charge in [0.25, 0.3) is 0 Å². The summed E-state index contributed by atoms with van der Waals surface area (Å²) < 4.78 is 0. The molecule has 1 atom stereocenters. The summed E-state index contributed by atoms with van der Waals surface area (Å²) in [6.45, 7) is 4.65. The summed E-state index contributed by atoms with van der Waals surface area (Å²) in [4.78, 5) is 29.6. The molecule has 0 aromatic heterocycles. The Bertz CT molecular complexity index is 1200. The molecular formula is C34H41ClN2O2. The van der Waals surface area contributed by atoms with Gasteiger partial charge in [-0.25, -0.2) is 0 Å². The lowest BCUT2D eigenvalue weighted by molar-refractivity contribution is -0.141. The highest BCUT2D eigenvalue weighted by Gasteiger charge is 2.32. The summed E-state index contributed by atoms with van der Waals surface area (Å²) in [5.74, 6) is 0.350. The lowest BCUT2D eigenvalue weighted by atomic mass is 9.94. The first kappa shape index (κ1) is 28.9. The highest BCUT2D eigenvalue weighted by atomic mass is 35.5. The van der Waals surface area contributed by atoms with E-state index in [0.717, 1.165) is 42.4 Å². The number of carbonyl (C=O) groups is 2. The second kappa shape index (κ2) is 14.3. The van der Waals surface area contributed by atoms with Crippen molar-refractivity contribution in [2.24, 2.45) is 0 Å². The van der Waals surface area contributed by atoms with Crippen molar-refractivity contribution >= 4 is 23.4 Å². The Morgan fingerprint density at radius 2 is 1.54 bits per heavy atom. The zero-order valence-corrected chi connectivity index (χ0v) is 24.0. The fourth-order valence-electron chi connectivity index (χ4n) is 5.37. The molecule has 4 rings (SSSR count). The van der Waals surface area contributed by atoms with Crippen molar-refractivity contribution in [3.63, 3.8) is 0 Å². The number of benzene rings is 3. The van der Waals surface area contributed by atoms with Crippen LogP contribution >= 0.6 is 11.6 Å². The molecular weight excluding hydrogens is 504 g/mol. The molecule has 4 nitrogen and oxygen atoms in total. The first-order valence-electron chi connectivity index (χ1n) is 14.4. The predicted octanol–water partition coefficient (Wildman–Crippen LogP) is 7.49. The molecule has 1 N–H and O–H groups in total. The normalized spacial score (nSPS) is 14.7. The van der Waals surface area contributed by atoms with Crippen LogP contribution in [0.15, 0.2) is 78.9 Å². The van der Waals surface area contributed by atoms with Gasteiger partial charge in [-0.3, -0.25) is 9.59 Å². The van der Waals surface area contributed by atoms with Crippen molar-refractivity contribution in [2.45, 2.75) is 89.8 Å². The lowest BCUT2D eigenvalue weighted by Crippen LogP contribution is -2.53. The van der Waals surface area contributed by atoms with Gasteiger partial charge in [0.1, 0.15) is 6.04 Å². The van der Waals surface area contributed by atoms with Crippen molar-refractivity contribution in [2.75, 3.05) is 0 Å². The Kier molecular flexibility index (Phi) is 10.6. The molecule has 0 bridgehead atoms. The molecule has 206 valence electrons. The third-order valence-electron chi connectivity index (χ3n) is 7.80. The van der Waals surface area contributed by atoms with E-state index < -0.39 is 6.04 Å². The first-order chi connectivity index (χ1) is 18.9. The number of rotatable bonds is 11. The maximum absolute atomic E-state index is 13.9. The van der Waals surface area contributed by atoms with Crippen LogP contribution in [0.1, 0.15) is 80.5 Å². The Labute approximate surface area is 238 Å². The molecule has 0 unspecified atom stereocenters. The number of hydrogen-bond donors (Lipinski definition) is 1. The van der Waals surface area contributed by atoms with Crippen LogP contribution in [-0.4, -0.2) is 28.8 Å². The number of amides is 2. The van der Waals surface area contributed by atoms with E-state index in [1.54, 1.807) is 4.90 Å². The van der Waals surface area contributed by atoms with Crippen LogP contribution in [0.2, 0.25) is 5.02 Å². The molecule has 3 aromatic carbocycles. The summed E-state index contributed by atoms with van der Waals surface area (Å²) >= 11 is 6.55. The van der Waals surface area contributed by atoms with E-state index in [4.69, 9.17) is 11.6 Å². The van der Waals surface area contributed by atoms with Gasteiger partial charge < -0.3 is 10.2 Å². The van der Waals surface area contributed by atoms with Crippen molar-refractivity contribution < 1.29 is 9.59 Å². The molecule has 2 amide bonds. The third kappa shape index (κ3) is 8.44. The van der Waals surface area contributed by atoms with Crippen molar-refractivity contribution in [3.05, 3.63) is 106 Å². The quantitative estimate of drug-likeness (QED) is 0.272. The van der Waals surface area contributed by atoms with Crippen molar-refractivity contribution in [1.29, 1.82) is 0 Å². The van der Waals surface area contributed by atoms with Crippen LogP contribution in [0.25, 0.3) is 0 Å². The van der Waals surface area contributed by atoms with Gasteiger partial charge in [0.15, 0.2) is 0 Å².